The predicted octanol–water partition coefficient (Wildman–Crippen LogP) is 5.41. The van der Waals surface area contributed by atoms with Gasteiger partial charge in [-0.15, -0.1) is 12.4 Å². The number of aryl methyl sites for hydroxylation is 1. The van der Waals surface area contributed by atoms with E-state index >= 15 is 0 Å². The lowest BCUT2D eigenvalue weighted by Crippen LogP contribution is -2.14. The van der Waals surface area contributed by atoms with Crippen molar-refractivity contribution in [1.29, 1.82) is 0 Å². The van der Waals surface area contributed by atoms with Gasteiger partial charge in [-0.05, 0) is 55.3 Å². The van der Waals surface area contributed by atoms with Crippen LogP contribution in [0, 0.1) is 12.7 Å². The van der Waals surface area contributed by atoms with E-state index in [2.05, 4.69) is 19.2 Å². The van der Waals surface area contributed by atoms with Crippen LogP contribution in [0.1, 0.15) is 61.7 Å². The molecule has 2 aromatic rings. The van der Waals surface area contributed by atoms with E-state index in [0.717, 1.165) is 13.1 Å². The molecule has 0 bridgehead atoms. The smallest absolute Gasteiger partial charge is 0.195 e. The van der Waals surface area contributed by atoms with Gasteiger partial charge in [0.2, 0.25) is 0 Å². The molecule has 0 radical (unpaired) electrons. The number of aromatic hydroxyl groups is 1. The van der Waals surface area contributed by atoms with E-state index in [4.69, 9.17) is 0 Å². The molecule has 0 atom stereocenters. The Hall–Kier alpha value is -1.91. The van der Waals surface area contributed by atoms with Crippen LogP contribution in [0.5, 0.6) is 5.75 Å². The van der Waals surface area contributed by atoms with Crippen molar-refractivity contribution in [2.24, 2.45) is 0 Å². The molecule has 0 saturated carbocycles. The molecule has 150 valence electrons. The number of ketones is 1. The van der Waals surface area contributed by atoms with Crippen LogP contribution in [-0.4, -0.2) is 24.0 Å². The van der Waals surface area contributed by atoms with Crippen molar-refractivity contribution in [1.82, 2.24) is 5.32 Å². The molecule has 0 aromatic heterocycles. The number of carbonyl (C=O) groups is 1. The van der Waals surface area contributed by atoms with Gasteiger partial charge in [-0.2, -0.15) is 0 Å². The zero-order valence-corrected chi connectivity index (χ0v) is 17.8. The first-order valence-corrected chi connectivity index (χ1v) is 8.97. The predicted molar refractivity (Wildman–Crippen MR) is 113 cm³/mol. The summed E-state index contributed by atoms with van der Waals surface area (Å²) in [5.74, 6) is -0.722. The third kappa shape index (κ3) is 6.96. The van der Waals surface area contributed by atoms with Crippen molar-refractivity contribution < 1.29 is 14.3 Å². The van der Waals surface area contributed by atoms with Crippen LogP contribution in [0.2, 0.25) is 0 Å². The number of rotatable bonds is 4. The Morgan fingerprint density at radius 1 is 1.11 bits per heavy atom. The fourth-order valence-electron chi connectivity index (χ4n) is 2.53. The van der Waals surface area contributed by atoms with E-state index in [0.29, 0.717) is 16.7 Å². The maximum Gasteiger partial charge on any atom is 0.195 e. The topological polar surface area (TPSA) is 49.3 Å². The second-order valence-corrected chi connectivity index (χ2v) is 7.21. The first-order chi connectivity index (χ1) is 12.1. The largest absolute Gasteiger partial charge is 0.507 e. The van der Waals surface area contributed by atoms with E-state index in [1.807, 2.05) is 20.8 Å². The van der Waals surface area contributed by atoms with Crippen LogP contribution in [0.15, 0.2) is 36.4 Å². The molecule has 0 saturated heterocycles. The van der Waals surface area contributed by atoms with Crippen molar-refractivity contribution in [2.75, 3.05) is 13.1 Å². The van der Waals surface area contributed by atoms with Gasteiger partial charge in [0.25, 0.3) is 0 Å². The lowest BCUT2D eigenvalue weighted by molar-refractivity contribution is 0.103. The van der Waals surface area contributed by atoms with Crippen molar-refractivity contribution in [2.45, 2.75) is 47.0 Å². The first-order valence-electron chi connectivity index (χ1n) is 8.97. The van der Waals surface area contributed by atoms with Gasteiger partial charge in [-0.1, -0.05) is 46.8 Å². The molecule has 0 heterocycles. The highest BCUT2D eigenvalue weighted by Gasteiger charge is 2.23. The zero-order valence-electron chi connectivity index (χ0n) is 17.0. The Bertz CT molecular complexity index is 752. The highest BCUT2D eigenvalue weighted by Crippen LogP contribution is 2.34. The van der Waals surface area contributed by atoms with E-state index in [1.54, 1.807) is 31.2 Å². The SMILES string of the molecule is CCNCC.Cc1cc(C(=O)c2ccccc2F)cc(C(C)(C)C)c1O.Cl. The Balaban J connectivity index is 0.00000100. The van der Waals surface area contributed by atoms with Gasteiger partial charge < -0.3 is 10.4 Å². The normalized spacial score (nSPS) is 10.5. The number of nitrogens with one attached hydrogen (secondary N) is 1. The molecule has 3 nitrogen and oxygen atoms in total. The number of halogens is 2. The standard InChI is InChI=1S/C18H19FO2.C4H11N.ClH/c1-11-9-12(10-14(16(11)20)18(2,3)4)17(21)13-7-5-6-8-15(13)19;1-3-5-4-2;/h5-10,20H,1-4H3;5H,3-4H2,1-2H3;1H. The molecule has 0 spiro atoms. The Morgan fingerprint density at radius 3 is 2.11 bits per heavy atom. The molecule has 0 amide bonds. The van der Waals surface area contributed by atoms with Gasteiger partial charge in [0.15, 0.2) is 5.78 Å². The summed E-state index contributed by atoms with van der Waals surface area (Å²) in [4.78, 5) is 12.5. The maximum atomic E-state index is 13.8. The molecular formula is C22H31ClFNO2. The van der Waals surface area contributed by atoms with Crippen molar-refractivity contribution in [3.05, 3.63) is 64.5 Å². The van der Waals surface area contributed by atoms with Crippen LogP contribution in [0.25, 0.3) is 0 Å². The number of hydrogen-bond donors (Lipinski definition) is 2. The van der Waals surface area contributed by atoms with Crippen molar-refractivity contribution in [3.8, 4) is 5.75 Å². The zero-order chi connectivity index (χ0) is 19.9. The molecule has 2 rings (SSSR count). The Morgan fingerprint density at radius 2 is 1.67 bits per heavy atom. The summed E-state index contributed by atoms with van der Waals surface area (Å²) in [7, 11) is 0. The summed E-state index contributed by atoms with van der Waals surface area (Å²) >= 11 is 0. The molecule has 27 heavy (non-hydrogen) atoms. The maximum absolute atomic E-state index is 13.8. The third-order valence-electron chi connectivity index (χ3n) is 3.99. The molecule has 0 fully saturated rings. The number of phenolic OH excluding ortho intramolecular Hbond substituents is 1. The number of phenols is 1. The molecule has 0 aliphatic rings. The van der Waals surface area contributed by atoms with E-state index in [1.165, 1.54) is 12.1 Å². The van der Waals surface area contributed by atoms with Gasteiger partial charge in [-0.25, -0.2) is 4.39 Å². The molecule has 5 heteroatoms. The van der Waals surface area contributed by atoms with Crippen LogP contribution >= 0.6 is 12.4 Å². The van der Waals surface area contributed by atoms with Crippen LogP contribution in [-0.2, 0) is 5.41 Å². The average Bonchev–Trinajstić information content (AvgIpc) is 2.57. The minimum absolute atomic E-state index is 0. The highest BCUT2D eigenvalue weighted by molar-refractivity contribution is 6.09. The number of benzene rings is 2. The quantitative estimate of drug-likeness (QED) is 0.681. The fourth-order valence-corrected chi connectivity index (χ4v) is 2.53. The van der Waals surface area contributed by atoms with Gasteiger partial charge in [0, 0.05) is 11.1 Å². The lowest BCUT2D eigenvalue weighted by atomic mass is 9.83. The van der Waals surface area contributed by atoms with E-state index in [9.17, 15) is 14.3 Å². The second-order valence-electron chi connectivity index (χ2n) is 7.21. The lowest BCUT2D eigenvalue weighted by Gasteiger charge is -2.22. The van der Waals surface area contributed by atoms with Gasteiger partial charge in [0.05, 0.1) is 5.56 Å². The number of hydrogen-bond acceptors (Lipinski definition) is 3. The van der Waals surface area contributed by atoms with Crippen LogP contribution in [0.4, 0.5) is 4.39 Å². The second kappa shape index (κ2) is 11.1. The average molecular weight is 396 g/mol. The molecule has 0 unspecified atom stereocenters. The minimum Gasteiger partial charge on any atom is -0.507 e. The summed E-state index contributed by atoms with van der Waals surface area (Å²) in [6.07, 6.45) is 0. The van der Waals surface area contributed by atoms with Crippen LogP contribution in [0.3, 0.4) is 0 Å². The summed E-state index contributed by atoms with van der Waals surface area (Å²) in [6, 6.07) is 9.17. The van der Waals surface area contributed by atoms with Gasteiger partial charge >= 0.3 is 0 Å². The Labute approximate surface area is 168 Å². The Kier molecular flexibility index (Phi) is 10.3. The van der Waals surface area contributed by atoms with E-state index < -0.39 is 5.82 Å². The first kappa shape index (κ1) is 25.1. The monoisotopic (exact) mass is 395 g/mol. The molecule has 2 aromatic carbocycles. The van der Waals surface area contributed by atoms with E-state index in [-0.39, 0.29) is 34.9 Å². The summed E-state index contributed by atoms with van der Waals surface area (Å²) in [6.45, 7) is 14.0. The number of carbonyl (C=O) groups excluding carboxylic acids is 1. The van der Waals surface area contributed by atoms with Gasteiger partial charge in [-0.3, -0.25) is 4.79 Å². The molecule has 2 N–H and O–H groups in total. The summed E-state index contributed by atoms with van der Waals surface area (Å²) in [5, 5.41) is 13.3. The third-order valence-corrected chi connectivity index (χ3v) is 3.99. The van der Waals surface area contributed by atoms with Crippen LogP contribution < -0.4 is 5.32 Å². The molecule has 0 aliphatic carbocycles. The fraction of sp³-hybridized carbons (Fsp3) is 0.409. The highest BCUT2D eigenvalue weighted by atomic mass is 35.5. The minimum atomic E-state index is -0.537. The molecular weight excluding hydrogens is 365 g/mol. The summed E-state index contributed by atoms with van der Waals surface area (Å²) in [5.41, 5.74) is 1.42. The van der Waals surface area contributed by atoms with Crippen molar-refractivity contribution >= 4 is 18.2 Å². The van der Waals surface area contributed by atoms with Gasteiger partial charge in [0.1, 0.15) is 11.6 Å². The summed E-state index contributed by atoms with van der Waals surface area (Å²) < 4.78 is 13.8. The van der Waals surface area contributed by atoms with Crippen molar-refractivity contribution in [3.63, 3.8) is 0 Å². The molecule has 0 aliphatic heterocycles.